The molecule has 1 atom stereocenters. The Morgan fingerprint density at radius 1 is 1.10 bits per heavy atom. The van der Waals surface area contributed by atoms with Crippen molar-refractivity contribution in [2.24, 2.45) is 5.92 Å². The maximum atomic E-state index is 13.5. The molecule has 3 N–H and O–H groups in total. The van der Waals surface area contributed by atoms with E-state index in [0.29, 0.717) is 29.7 Å². The van der Waals surface area contributed by atoms with Crippen LogP contribution in [0.2, 0.25) is 0 Å². The number of rotatable bonds is 10. The van der Waals surface area contributed by atoms with Crippen LogP contribution in [0.1, 0.15) is 29.4 Å². The lowest BCUT2D eigenvalue weighted by Crippen LogP contribution is -2.41. The van der Waals surface area contributed by atoms with Gasteiger partial charge >= 0.3 is 18.2 Å². The topological polar surface area (TPSA) is 142 Å². The van der Waals surface area contributed by atoms with Gasteiger partial charge in [-0.25, -0.2) is 19.6 Å². The second-order valence-electron chi connectivity index (χ2n) is 12.1. The predicted molar refractivity (Wildman–Crippen MR) is 179 cm³/mol. The fraction of sp³-hybridized carbons (Fsp3) is 0.424. The van der Waals surface area contributed by atoms with Crippen molar-refractivity contribution in [2.75, 3.05) is 64.3 Å². The van der Waals surface area contributed by atoms with Gasteiger partial charge in [-0.1, -0.05) is 6.07 Å². The number of hydrogen-bond acceptors (Lipinski definition) is 9. The quantitative estimate of drug-likeness (QED) is 0.215. The summed E-state index contributed by atoms with van der Waals surface area (Å²) in [4.78, 5) is 50.8. The van der Waals surface area contributed by atoms with Crippen LogP contribution in [0.15, 0.2) is 46.8 Å². The van der Waals surface area contributed by atoms with Gasteiger partial charge in [0, 0.05) is 80.1 Å². The SMILES string of the molecule is CCNC(=O)Nc1cc(-c2nc(C(F)(F)F)cs2)c(-c2ccc3c(c2)c(=O)c(C(=O)O)cn3C[C@H]2CCN(CCN3CCOCC3)C2)cn1. The Bertz CT molecular complexity index is 1910. The lowest BCUT2D eigenvalue weighted by molar-refractivity contribution is -0.140. The average Bonchev–Trinajstić information content (AvgIpc) is 3.76. The Balaban J connectivity index is 1.33. The van der Waals surface area contributed by atoms with Crippen LogP contribution in [-0.4, -0.2) is 100 Å². The average molecular weight is 700 g/mol. The van der Waals surface area contributed by atoms with Crippen molar-refractivity contribution >= 4 is 40.1 Å². The molecule has 0 unspecified atom stereocenters. The summed E-state index contributed by atoms with van der Waals surface area (Å²) in [6.07, 6.45) is -0.955. The molecule has 2 amide bonds. The fourth-order valence-corrected chi connectivity index (χ4v) is 7.16. The zero-order valence-corrected chi connectivity index (χ0v) is 27.6. The molecule has 49 heavy (non-hydrogen) atoms. The largest absolute Gasteiger partial charge is 0.477 e. The van der Waals surface area contributed by atoms with Gasteiger partial charge in [-0.15, -0.1) is 11.3 Å². The van der Waals surface area contributed by atoms with Gasteiger partial charge in [0.25, 0.3) is 0 Å². The molecule has 6 rings (SSSR count). The minimum Gasteiger partial charge on any atom is -0.477 e. The highest BCUT2D eigenvalue weighted by Crippen LogP contribution is 2.39. The highest BCUT2D eigenvalue weighted by Gasteiger charge is 2.34. The van der Waals surface area contributed by atoms with Gasteiger partial charge < -0.3 is 24.6 Å². The summed E-state index contributed by atoms with van der Waals surface area (Å²) in [5.41, 5.74) is -0.539. The first-order valence-corrected chi connectivity index (χ1v) is 16.9. The molecule has 1 aromatic carbocycles. The first-order valence-electron chi connectivity index (χ1n) is 16.0. The van der Waals surface area contributed by atoms with Gasteiger partial charge in [-0.3, -0.25) is 15.0 Å². The van der Waals surface area contributed by atoms with Crippen LogP contribution in [0.5, 0.6) is 0 Å². The molecule has 0 bridgehead atoms. The lowest BCUT2D eigenvalue weighted by atomic mass is 9.99. The van der Waals surface area contributed by atoms with Gasteiger partial charge in [0.1, 0.15) is 16.4 Å². The summed E-state index contributed by atoms with van der Waals surface area (Å²) in [5.74, 6) is -1.03. The lowest BCUT2D eigenvalue weighted by Gasteiger charge is -2.28. The maximum Gasteiger partial charge on any atom is 0.434 e. The second-order valence-corrected chi connectivity index (χ2v) is 13.0. The summed E-state index contributed by atoms with van der Waals surface area (Å²) in [6, 6.07) is 5.86. The van der Waals surface area contributed by atoms with E-state index in [1.54, 1.807) is 25.1 Å². The molecule has 12 nitrogen and oxygen atoms in total. The molecule has 2 saturated heterocycles. The number of nitrogens with zero attached hydrogens (tertiary/aromatic N) is 5. The van der Waals surface area contributed by atoms with Crippen LogP contribution in [-0.2, 0) is 17.5 Å². The number of carbonyl (C=O) groups is 2. The van der Waals surface area contributed by atoms with Crippen molar-refractivity contribution in [3.8, 4) is 21.7 Å². The molecule has 0 spiro atoms. The number of nitrogens with one attached hydrogen (secondary N) is 2. The maximum absolute atomic E-state index is 13.5. The molecule has 0 radical (unpaired) electrons. The van der Waals surface area contributed by atoms with Gasteiger partial charge in [-0.05, 0) is 49.6 Å². The number of thiazole rings is 1. The Labute approximate surface area is 283 Å². The molecule has 2 aliphatic rings. The number of carbonyl (C=O) groups excluding carboxylic acids is 1. The number of carboxylic acids is 1. The third-order valence-corrected chi connectivity index (χ3v) is 9.67. The number of likely N-dealkylation sites (tertiary alicyclic amines) is 1. The van der Waals surface area contributed by atoms with E-state index in [0.717, 1.165) is 75.6 Å². The number of ether oxygens (including phenoxy) is 1. The third kappa shape index (κ3) is 7.93. The van der Waals surface area contributed by atoms with E-state index in [4.69, 9.17) is 4.74 Å². The molecule has 2 aliphatic heterocycles. The Morgan fingerprint density at radius 3 is 2.59 bits per heavy atom. The molecule has 5 heterocycles. The van der Waals surface area contributed by atoms with Crippen molar-refractivity contribution in [3.05, 3.63) is 63.5 Å². The molecular weight excluding hydrogens is 663 g/mol. The summed E-state index contributed by atoms with van der Waals surface area (Å²) in [6.45, 7) is 9.60. The van der Waals surface area contributed by atoms with E-state index in [2.05, 4.69) is 30.4 Å². The summed E-state index contributed by atoms with van der Waals surface area (Å²) in [5, 5.41) is 16.2. The number of halogens is 3. The molecule has 4 aromatic rings. The summed E-state index contributed by atoms with van der Waals surface area (Å²) < 4.78 is 47.7. The molecule has 0 saturated carbocycles. The fourth-order valence-electron chi connectivity index (χ4n) is 6.30. The second kappa shape index (κ2) is 14.6. The van der Waals surface area contributed by atoms with Crippen LogP contribution in [0.4, 0.5) is 23.8 Å². The number of alkyl halides is 3. The van der Waals surface area contributed by atoms with Crippen molar-refractivity contribution in [3.63, 3.8) is 0 Å². The number of anilines is 1. The minimum atomic E-state index is -4.66. The number of aromatic carboxylic acids is 1. The van der Waals surface area contributed by atoms with Gasteiger partial charge in [0.05, 0.1) is 18.7 Å². The first kappa shape index (κ1) is 34.5. The number of hydrogen-bond donors (Lipinski definition) is 3. The monoisotopic (exact) mass is 699 g/mol. The van der Waals surface area contributed by atoms with E-state index in [1.165, 1.54) is 18.5 Å². The Morgan fingerprint density at radius 2 is 1.88 bits per heavy atom. The zero-order valence-electron chi connectivity index (χ0n) is 26.8. The van der Waals surface area contributed by atoms with E-state index in [-0.39, 0.29) is 33.3 Å². The van der Waals surface area contributed by atoms with E-state index < -0.39 is 29.3 Å². The highest BCUT2D eigenvalue weighted by atomic mass is 32.1. The molecule has 2 fully saturated rings. The number of amides is 2. The number of urea groups is 1. The number of aromatic nitrogens is 3. The van der Waals surface area contributed by atoms with Gasteiger partial charge in [0.2, 0.25) is 5.43 Å². The first-order chi connectivity index (χ1) is 23.5. The van der Waals surface area contributed by atoms with Crippen LogP contribution < -0.4 is 16.1 Å². The van der Waals surface area contributed by atoms with Crippen molar-refractivity contribution in [1.82, 2.24) is 29.7 Å². The molecule has 0 aliphatic carbocycles. The highest BCUT2D eigenvalue weighted by molar-refractivity contribution is 7.13. The summed E-state index contributed by atoms with van der Waals surface area (Å²) in [7, 11) is 0. The standard InChI is InChI=1S/C33H36F3N7O5S/c1-2-37-32(47)40-28-14-22(30-39-27(19-49-30)33(34,35)36)24(15-38-28)21-3-4-26-23(13-21)29(44)25(31(45)46)18-43(26)17-20-5-6-42(16-20)8-7-41-9-11-48-12-10-41/h3-4,13-15,18-20H,2,5-12,16-17H2,1H3,(H,45,46)(H2,37,38,40,47)/t20-/m0/s1. The summed E-state index contributed by atoms with van der Waals surface area (Å²) >= 11 is 0.778. The van der Waals surface area contributed by atoms with Gasteiger partial charge in [-0.2, -0.15) is 13.2 Å². The number of benzene rings is 1. The van der Waals surface area contributed by atoms with Crippen LogP contribution in [0.25, 0.3) is 32.6 Å². The van der Waals surface area contributed by atoms with Crippen molar-refractivity contribution < 1.29 is 32.6 Å². The van der Waals surface area contributed by atoms with E-state index in [1.807, 2.05) is 4.57 Å². The number of fused-ring (bicyclic) bond motifs is 1. The minimum absolute atomic E-state index is 0.0277. The van der Waals surface area contributed by atoms with Crippen molar-refractivity contribution in [1.29, 1.82) is 0 Å². The third-order valence-electron chi connectivity index (χ3n) is 8.79. The smallest absolute Gasteiger partial charge is 0.434 e. The molecule has 260 valence electrons. The predicted octanol–water partition coefficient (Wildman–Crippen LogP) is 4.70. The molecular formula is C33H36F3N7O5S. The van der Waals surface area contributed by atoms with Crippen LogP contribution >= 0.6 is 11.3 Å². The van der Waals surface area contributed by atoms with Crippen molar-refractivity contribution in [2.45, 2.75) is 26.1 Å². The Kier molecular flexibility index (Phi) is 10.3. The van der Waals surface area contributed by atoms with Crippen LogP contribution in [0.3, 0.4) is 0 Å². The van der Waals surface area contributed by atoms with E-state index in [9.17, 15) is 32.7 Å². The molecule has 3 aromatic heterocycles. The van der Waals surface area contributed by atoms with E-state index >= 15 is 0 Å². The number of pyridine rings is 2. The normalized spacial score (nSPS) is 17.4. The molecule has 16 heteroatoms. The Hall–Kier alpha value is -4.38. The number of morpholine rings is 1. The zero-order chi connectivity index (χ0) is 34.7. The number of carboxylic acid groups (broad SMARTS) is 1. The van der Waals surface area contributed by atoms with Crippen LogP contribution in [0, 0.1) is 5.92 Å². The van der Waals surface area contributed by atoms with Gasteiger partial charge in [0.15, 0.2) is 5.69 Å².